The van der Waals surface area contributed by atoms with Gasteiger partial charge in [-0.1, -0.05) is 18.2 Å². The molecule has 0 spiro atoms. The Kier molecular flexibility index (Phi) is 4.85. The first-order valence-electron chi connectivity index (χ1n) is 10.3. The number of aromatic nitrogens is 4. The lowest BCUT2D eigenvalue weighted by Gasteiger charge is -2.15. The molecule has 0 saturated carbocycles. The van der Waals surface area contributed by atoms with Gasteiger partial charge in [-0.2, -0.15) is 23.4 Å². The van der Waals surface area contributed by atoms with E-state index in [-0.39, 0.29) is 12.1 Å². The molecule has 0 atom stereocenters. The molecule has 0 saturated heterocycles. The van der Waals surface area contributed by atoms with Gasteiger partial charge in [0.05, 0.1) is 22.6 Å². The minimum absolute atomic E-state index is 0.203. The van der Waals surface area contributed by atoms with Gasteiger partial charge in [0.1, 0.15) is 0 Å². The first-order valence-corrected chi connectivity index (χ1v) is 10.3. The van der Waals surface area contributed by atoms with E-state index in [1.54, 1.807) is 6.07 Å². The van der Waals surface area contributed by atoms with Crippen LogP contribution in [0.5, 0.6) is 0 Å². The number of hydrogen-bond donors (Lipinski definition) is 2. The Balaban J connectivity index is 1.49. The molecule has 0 fully saturated rings. The number of aryl methyl sites for hydroxylation is 1. The van der Waals surface area contributed by atoms with Gasteiger partial charge in [-0.05, 0) is 43.2 Å². The molecule has 3 heterocycles. The van der Waals surface area contributed by atoms with Crippen molar-refractivity contribution in [2.45, 2.75) is 39.7 Å². The SMILES string of the molecule is Cc1c(CNc2nnc(C)c3ccc(-n4cc5c(n4)CNC5)cc23)cccc1C(F)(F)F. The van der Waals surface area contributed by atoms with Crippen molar-refractivity contribution in [2.24, 2.45) is 0 Å². The van der Waals surface area contributed by atoms with E-state index in [4.69, 9.17) is 0 Å². The molecule has 0 unspecified atom stereocenters. The van der Waals surface area contributed by atoms with Gasteiger partial charge < -0.3 is 10.6 Å². The third-order valence-electron chi connectivity index (χ3n) is 5.90. The van der Waals surface area contributed by atoms with E-state index < -0.39 is 11.7 Å². The van der Waals surface area contributed by atoms with Crippen molar-refractivity contribution in [2.75, 3.05) is 5.32 Å². The number of nitrogens with zero attached hydrogens (tertiary/aromatic N) is 4. The van der Waals surface area contributed by atoms with Gasteiger partial charge in [0.25, 0.3) is 0 Å². The third-order valence-corrected chi connectivity index (χ3v) is 5.90. The molecule has 9 heteroatoms. The second-order valence-electron chi connectivity index (χ2n) is 7.95. The maximum absolute atomic E-state index is 13.3. The maximum atomic E-state index is 13.3. The number of benzene rings is 2. The van der Waals surface area contributed by atoms with Gasteiger partial charge in [0.2, 0.25) is 0 Å². The second kappa shape index (κ2) is 7.59. The van der Waals surface area contributed by atoms with Crippen LogP contribution in [0, 0.1) is 13.8 Å². The second-order valence-corrected chi connectivity index (χ2v) is 7.95. The Hall–Kier alpha value is -3.46. The van der Waals surface area contributed by atoms with Crippen LogP contribution in [-0.2, 0) is 25.8 Å². The van der Waals surface area contributed by atoms with Crippen LogP contribution >= 0.6 is 0 Å². The van der Waals surface area contributed by atoms with Crippen LogP contribution in [0.4, 0.5) is 19.0 Å². The van der Waals surface area contributed by atoms with Crippen LogP contribution < -0.4 is 10.6 Å². The zero-order valence-corrected chi connectivity index (χ0v) is 17.6. The molecule has 2 aromatic carbocycles. The van der Waals surface area contributed by atoms with Crippen molar-refractivity contribution in [1.82, 2.24) is 25.3 Å². The molecular weight excluding hydrogens is 417 g/mol. The molecule has 2 N–H and O–H groups in total. The molecule has 0 radical (unpaired) electrons. The molecule has 2 aromatic heterocycles. The zero-order chi connectivity index (χ0) is 22.5. The number of nitrogens with one attached hydrogen (secondary N) is 2. The van der Waals surface area contributed by atoms with E-state index in [1.807, 2.05) is 36.0 Å². The molecule has 0 amide bonds. The smallest absolute Gasteiger partial charge is 0.364 e. The highest BCUT2D eigenvalue weighted by Gasteiger charge is 2.32. The number of halogens is 3. The highest BCUT2D eigenvalue weighted by molar-refractivity contribution is 5.94. The first-order chi connectivity index (χ1) is 15.3. The van der Waals surface area contributed by atoms with Crippen LogP contribution in [0.25, 0.3) is 16.5 Å². The summed E-state index contributed by atoms with van der Waals surface area (Å²) in [7, 11) is 0. The number of fused-ring (bicyclic) bond motifs is 2. The Morgan fingerprint density at radius 3 is 2.69 bits per heavy atom. The minimum atomic E-state index is -4.38. The van der Waals surface area contributed by atoms with Crippen LogP contribution in [-0.4, -0.2) is 20.0 Å². The summed E-state index contributed by atoms with van der Waals surface area (Å²) >= 11 is 0. The van der Waals surface area contributed by atoms with Crippen LogP contribution in [0.1, 0.15) is 33.6 Å². The Morgan fingerprint density at radius 1 is 1.06 bits per heavy atom. The van der Waals surface area contributed by atoms with Crippen LogP contribution in [0.15, 0.2) is 42.6 Å². The molecule has 1 aliphatic rings. The topological polar surface area (TPSA) is 67.7 Å². The average Bonchev–Trinajstić information content (AvgIpc) is 3.35. The standard InChI is InChI=1S/C23H21F3N6/c1-13-15(4-3-5-20(13)23(24,25)26)10-28-22-19-8-17(6-7-18(19)14(2)29-30-22)32-12-16-9-27-11-21(16)31-32/h3-8,12,27H,9-11H2,1-2H3,(H,28,30). The summed E-state index contributed by atoms with van der Waals surface area (Å²) in [5, 5.41) is 21.4. The molecule has 1 aliphatic heterocycles. The van der Waals surface area contributed by atoms with Gasteiger partial charge >= 0.3 is 6.18 Å². The Bertz CT molecular complexity index is 1300. The molecule has 5 rings (SSSR count). The maximum Gasteiger partial charge on any atom is 0.416 e. The molecule has 0 bridgehead atoms. The third kappa shape index (κ3) is 3.58. The number of hydrogen-bond acceptors (Lipinski definition) is 5. The van der Waals surface area contributed by atoms with Crippen molar-refractivity contribution < 1.29 is 13.2 Å². The lowest BCUT2D eigenvalue weighted by molar-refractivity contribution is -0.138. The van der Waals surface area contributed by atoms with Crippen molar-refractivity contribution in [3.63, 3.8) is 0 Å². The van der Waals surface area contributed by atoms with Crippen LogP contribution in [0.2, 0.25) is 0 Å². The fourth-order valence-electron chi connectivity index (χ4n) is 4.10. The van der Waals surface area contributed by atoms with Crippen molar-refractivity contribution in [1.29, 1.82) is 0 Å². The van der Waals surface area contributed by atoms with E-state index in [0.29, 0.717) is 11.4 Å². The van der Waals surface area contributed by atoms with Crippen molar-refractivity contribution in [3.8, 4) is 5.69 Å². The fraction of sp³-hybridized carbons (Fsp3) is 0.261. The summed E-state index contributed by atoms with van der Waals surface area (Å²) in [6.45, 7) is 5.13. The summed E-state index contributed by atoms with van der Waals surface area (Å²) in [6, 6.07) is 10.1. The first kappa shape index (κ1) is 20.4. The number of anilines is 1. The van der Waals surface area contributed by atoms with Gasteiger partial charge in [0.15, 0.2) is 5.82 Å². The van der Waals surface area contributed by atoms with E-state index in [2.05, 4.69) is 25.9 Å². The largest absolute Gasteiger partial charge is 0.416 e. The molecule has 6 nitrogen and oxygen atoms in total. The van der Waals surface area contributed by atoms with Crippen molar-refractivity contribution in [3.05, 3.63) is 76.2 Å². The van der Waals surface area contributed by atoms with Crippen LogP contribution in [0.3, 0.4) is 0 Å². The van der Waals surface area contributed by atoms with E-state index in [0.717, 1.165) is 47.0 Å². The molecule has 4 aromatic rings. The predicted molar refractivity (Wildman–Crippen MR) is 115 cm³/mol. The minimum Gasteiger partial charge on any atom is -0.364 e. The fourth-order valence-corrected chi connectivity index (χ4v) is 4.10. The average molecular weight is 438 g/mol. The molecular formula is C23H21F3N6. The lowest BCUT2D eigenvalue weighted by atomic mass is 10.0. The van der Waals surface area contributed by atoms with E-state index >= 15 is 0 Å². The molecule has 0 aliphatic carbocycles. The monoisotopic (exact) mass is 438 g/mol. The van der Waals surface area contributed by atoms with Gasteiger partial charge in [-0.25, -0.2) is 4.68 Å². The summed E-state index contributed by atoms with van der Waals surface area (Å²) in [6.07, 6.45) is -2.37. The van der Waals surface area contributed by atoms with Gasteiger partial charge in [-0.3, -0.25) is 0 Å². The van der Waals surface area contributed by atoms with Crippen molar-refractivity contribution >= 4 is 16.6 Å². The quantitative estimate of drug-likeness (QED) is 0.485. The summed E-state index contributed by atoms with van der Waals surface area (Å²) in [5.41, 5.74) is 4.01. The summed E-state index contributed by atoms with van der Waals surface area (Å²) in [5.74, 6) is 0.519. The normalized spacial score (nSPS) is 13.5. The molecule has 164 valence electrons. The van der Waals surface area contributed by atoms with Gasteiger partial charge in [0, 0.05) is 42.2 Å². The summed E-state index contributed by atoms with van der Waals surface area (Å²) in [4.78, 5) is 0. The number of rotatable bonds is 4. The highest BCUT2D eigenvalue weighted by atomic mass is 19.4. The van der Waals surface area contributed by atoms with Gasteiger partial charge in [-0.15, -0.1) is 5.10 Å². The highest BCUT2D eigenvalue weighted by Crippen LogP contribution is 2.33. The molecule has 32 heavy (non-hydrogen) atoms. The van der Waals surface area contributed by atoms with E-state index in [1.165, 1.54) is 18.6 Å². The zero-order valence-electron chi connectivity index (χ0n) is 17.6. The van der Waals surface area contributed by atoms with E-state index in [9.17, 15) is 13.2 Å². The Labute approximate surface area is 182 Å². The lowest BCUT2D eigenvalue weighted by Crippen LogP contribution is -2.11. The predicted octanol–water partition coefficient (Wildman–Crippen LogP) is 4.67. The summed E-state index contributed by atoms with van der Waals surface area (Å²) < 4.78 is 41.6. The Morgan fingerprint density at radius 2 is 1.91 bits per heavy atom. The number of alkyl halides is 3.